The molecule has 0 aliphatic carbocycles. The topological polar surface area (TPSA) is 66.6 Å². The molecule has 8 heteroatoms. The van der Waals surface area contributed by atoms with Gasteiger partial charge < -0.3 is 9.80 Å². The molecule has 0 unspecified atom stereocenters. The smallest absolute Gasteiger partial charge is 0.227 e. The van der Waals surface area contributed by atoms with Gasteiger partial charge in [-0.2, -0.15) is 0 Å². The minimum absolute atomic E-state index is 0.184. The molecule has 6 rings (SSSR count). The normalized spacial score (nSPS) is 14.3. The Morgan fingerprint density at radius 3 is 2.62 bits per heavy atom. The molecule has 170 valence electrons. The van der Waals surface area contributed by atoms with E-state index in [2.05, 4.69) is 44.6 Å². The van der Waals surface area contributed by atoms with Crippen molar-refractivity contribution in [2.24, 2.45) is 0 Å². The van der Waals surface area contributed by atoms with Crippen LogP contribution in [0.5, 0.6) is 0 Å². The second-order valence-corrected chi connectivity index (χ2v) is 9.64. The first-order chi connectivity index (χ1) is 16.7. The summed E-state index contributed by atoms with van der Waals surface area (Å²) in [5, 5.41) is 12.1. The van der Waals surface area contributed by atoms with Gasteiger partial charge in [0, 0.05) is 42.0 Å². The van der Waals surface area contributed by atoms with Gasteiger partial charge in [-0.1, -0.05) is 42.0 Å². The molecular formula is C26H24N6OS. The van der Waals surface area contributed by atoms with Crippen molar-refractivity contribution < 1.29 is 4.79 Å². The van der Waals surface area contributed by atoms with Crippen LogP contribution in [-0.4, -0.2) is 56.6 Å². The molecule has 0 atom stereocenters. The van der Waals surface area contributed by atoms with Gasteiger partial charge in [0.25, 0.3) is 0 Å². The SMILES string of the molecule is Cc1cccc(-c2nnc3c4ccccc4nc(N4CCN(C(=O)Cc5cccs5)CC4)n23)c1. The lowest BCUT2D eigenvalue weighted by molar-refractivity contribution is -0.130. The summed E-state index contributed by atoms with van der Waals surface area (Å²) >= 11 is 1.63. The number of benzene rings is 2. The first-order valence-electron chi connectivity index (χ1n) is 11.4. The molecule has 0 saturated carbocycles. The number of piperazine rings is 1. The van der Waals surface area contributed by atoms with Gasteiger partial charge in [-0.3, -0.25) is 4.79 Å². The van der Waals surface area contributed by atoms with Crippen LogP contribution >= 0.6 is 11.3 Å². The van der Waals surface area contributed by atoms with Gasteiger partial charge in [0.15, 0.2) is 11.5 Å². The minimum Gasteiger partial charge on any atom is -0.339 e. The fraction of sp³-hybridized carbons (Fsp3) is 0.231. The number of carbonyl (C=O) groups is 1. The summed E-state index contributed by atoms with van der Waals surface area (Å²) in [6.07, 6.45) is 0.471. The maximum absolute atomic E-state index is 12.8. The van der Waals surface area contributed by atoms with Crippen LogP contribution < -0.4 is 4.90 Å². The van der Waals surface area contributed by atoms with Crippen LogP contribution in [-0.2, 0) is 11.2 Å². The highest BCUT2D eigenvalue weighted by molar-refractivity contribution is 7.10. The molecule has 1 saturated heterocycles. The predicted molar refractivity (Wildman–Crippen MR) is 135 cm³/mol. The monoisotopic (exact) mass is 468 g/mol. The van der Waals surface area contributed by atoms with Crippen molar-refractivity contribution in [1.82, 2.24) is 24.5 Å². The first-order valence-corrected chi connectivity index (χ1v) is 12.3. The lowest BCUT2D eigenvalue weighted by atomic mass is 10.1. The van der Waals surface area contributed by atoms with Crippen molar-refractivity contribution in [2.45, 2.75) is 13.3 Å². The summed E-state index contributed by atoms with van der Waals surface area (Å²) in [7, 11) is 0. The Morgan fingerprint density at radius 2 is 1.82 bits per heavy atom. The summed E-state index contributed by atoms with van der Waals surface area (Å²) in [5.41, 5.74) is 3.87. The van der Waals surface area contributed by atoms with Crippen LogP contribution in [0.3, 0.4) is 0 Å². The van der Waals surface area contributed by atoms with Crippen LogP contribution in [0.15, 0.2) is 66.0 Å². The highest BCUT2D eigenvalue weighted by Gasteiger charge is 2.26. The van der Waals surface area contributed by atoms with E-state index in [1.54, 1.807) is 11.3 Å². The number of aromatic nitrogens is 4. The van der Waals surface area contributed by atoms with Crippen LogP contribution in [0, 0.1) is 6.92 Å². The second kappa shape index (κ2) is 8.53. The van der Waals surface area contributed by atoms with Gasteiger partial charge >= 0.3 is 0 Å². The zero-order chi connectivity index (χ0) is 23.1. The lowest BCUT2D eigenvalue weighted by Crippen LogP contribution is -2.49. The van der Waals surface area contributed by atoms with E-state index >= 15 is 0 Å². The van der Waals surface area contributed by atoms with Crippen LogP contribution in [0.25, 0.3) is 27.9 Å². The Bertz CT molecular complexity index is 1480. The maximum atomic E-state index is 12.8. The Balaban J connectivity index is 1.37. The van der Waals surface area contributed by atoms with E-state index in [0.29, 0.717) is 32.6 Å². The number of aryl methyl sites for hydroxylation is 1. The van der Waals surface area contributed by atoms with Crippen molar-refractivity contribution in [3.05, 3.63) is 76.5 Å². The molecule has 7 nitrogen and oxygen atoms in total. The third-order valence-corrected chi connectivity index (χ3v) is 7.20. The molecule has 34 heavy (non-hydrogen) atoms. The maximum Gasteiger partial charge on any atom is 0.227 e. The van der Waals surface area contributed by atoms with Gasteiger partial charge in [-0.05, 0) is 36.6 Å². The van der Waals surface area contributed by atoms with Crippen molar-refractivity contribution in [1.29, 1.82) is 0 Å². The molecular weight excluding hydrogens is 444 g/mol. The average Bonchev–Trinajstić information content (AvgIpc) is 3.54. The molecule has 1 aliphatic heterocycles. The van der Waals surface area contributed by atoms with Gasteiger partial charge in [-0.15, -0.1) is 21.5 Å². The predicted octanol–water partition coefficient (Wildman–Crippen LogP) is 4.21. The summed E-state index contributed by atoms with van der Waals surface area (Å²) < 4.78 is 2.07. The third kappa shape index (κ3) is 3.70. The van der Waals surface area contributed by atoms with E-state index in [0.717, 1.165) is 38.8 Å². The van der Waals surface area contributed by atoms with Crippen molar-refractivity contribution in [3.63, 3.8) is 0 Å². The molecule has 0 N–H and O–H groups in total. The van der Waals surface area contributed by atoms with E-state index in [1.165, 1.54) is 5.56 Å². The fourth-order valence-corrected chi connectivity index (χ4v) is 5.28. The zero-order valence-electron chi connectivity index (χ0n) is 18.9. The summed E-state index contributed by atoms with van der Waals surface area (Å²) in [6, 6.07) is 20.4. The Hall–Kier alpha value is -3.78. The number of para-hydroxylation sites is 1. The summed E-state index contributed by atoms with van der Waals surface area (Å²) in [5.74, 6) is 1.78. The lowest BCUT2D eigenvalue weighted by Gasteiger charge is -2.35. The van der Waals surface area contributed by atoms with E-state index < -0.39 is 0 Å². The molecule has 0 bridgehead atoms. The van der Waals surface area contributed by atoms with Crippen molar-refractivity contribution in [3.8, 4) is 11.4 Å². The van der Waals surface area contributed by atoms with Crippen molar-refractivity contribution in [2.75, 3.05) is 31.1 Å². The number of hydrogen-bond acceptors (Lipinski definition) is 6. The number of fused-ring (bicyclic) bond motifs is 3. The molecule has 2 aromatic carbocycles. The highest BCUT2D eigenvalue weighted by Crippen LogP contribution is 2.29. The molecule has 3 aromatic heterocycles. The molecule has 5 aromatic rings. The molecule has 4 heterocycles. The molecule has 0 spiro atoms. The number of carbonyl (C=O) groups excluding carboxylic acids is 1. The first kappa shape index (κ1) is 20.8. The van der Waals surface area contributed by atoms with Crippen molar-refractivity contribution >= 4 is 39.7 Å². The van der Waals surface area contributed by atoms with E-state index in [9.17, 15) is 4.79 Å². The number of nitrogens with zero attached hydrogens (tertiary/aromatic N) is 6. The summed E-state index contributed by atoms with van der Waals surface area (Å²) in [6.45, 7) is 4.84. The average molecular weight is 469 g/mol. The summed E-state index contributed by atoms with van der Waals surface area (Å²) in [4.78, 5) is 23.2. The van der Waals surface area contributed by atoms with E-state index in [1.807, 2.05) is 52.7 Å². The van der Waals surface area contributed by atoms with Crippen LogP contribution in [0.1, 0.15) is 10.4 Å². The quantitative estimate of drug-likeness (QED) is 0.395. The van der Waals surface area contributed by atoms with Gasteiger partial charge in [0.05, 0.1) is 11.9 Å². The van der Waals surface area contributed by atoms with E-state index in [4.69, 9.17) is 4.98 Å². The molecule has 1 aliphatic rings. The van der Waals surface area contributed by atoms with E-state index in [-0.39, 0.29) is 5.91 Å². The van der Waals surface area contributed by atoms with Gasteiger partial charge in [-0.25, -0.2) is 9.38 Å². The van der Waals surface area contributed by atoms with Gasteiger partial charge in [0.2, 0.25) is 11.9 Å². The number of thiophene rings is 1. The molecule has 1 amide bonds. The molecule has 0 radical (unpaired) electrons. The molecule has 1 fully saturated rings. The Kier molecular flexibility index (Phi) is 5.22. The Labute approximate surface area is 201 Å². The highest BCUT2D eigenvalue weighted by atomic mass is 32.1. The standard InChI is InChI=1S/C26H24N6OS/c1-18-6-4-7-19(16-18)24-28-29-25-21-9-2-3-10-22(21)27-26(32(24)25)31-13-11-30(12-14-31)23(33)17-20-8-5-15-34-20/h2-10,15-16H,11-14,17H2,1H3. The largest absolute Gasteiger partial charge is 0.339 e. The minimum atomic E-state index is 0.184. The number of anilines is 1. The fourth-order valence-electron chi connectivity index (χ4n) is 4.58. The zero-order valence-corrected chi connectivity index (χ0v) is 19.7. The Morgan fingerprint density at radius 1 is 0.971 bits per heavy atom. The number of hydrogen-bond donors (Lipinski definition) is 0. The van der Waals surface area contributed by atoms with Crippen LogP contribution in [0.2, 0.25) is 0 Å². The number of rotatable bonds is 4. The second-order valence-electron chi connectivity index (χ2n) is 8.61. The third-order valence-electron chi connectivity index (χ3n) is 6.33. The number of amides is 1. The van der Waals surface area contributed by atoms with Crippen LogP contribution in [0.4, 0.5) is 5.95 Å². The van der Waals surface area contributed by atoms with Gasteiger partial charge in [0.1, 0.15) is 0 Å².